The van der Waals surface area contributed by atoms with Crippen LogP contribution in [0.25, 0.3) is 0 Å². The number of hydrogen-bond donors (Lipinski definition) is 2. The largest absolute Gasteiger partial charge is 0.376 e. The maximum atomic E-state index is 13.4. The monoisotopic (exact) mass is 290 g/mol. The van der Waals surface area contributed by atoms with Crippen molar-refractivity contribution in [1.29, 1.82) is 0 Å². The van der Waals surface area contributed by atoms with Gasteiger partial charge in [0.2, 0.25) is 5.91 Å². The summed E-state index contributed by atoms with van der Waals surface area (Å²) in [5.41, 5.74) is 1.49. The van der Waals surface area contributed by atoms with Gasteiger partial charge in [-0.2, -0.15) is 0 Å². The van der Waals surface area contributed by atoms with Gasteiger partial charge in [-0.1, -0.05) is 31.2 Å². The van der Waals surface area contributed by atoms with Gasteiger partial charge in [-0.15, -0.1) is 0 Å². The van der Waals surface area contributed by atoms with E-state index >= 15 is 0 Å². The average molecular weight is 290 g/mol. The minimum absolute atomic E-state index is 0.0647. The molecule has 0 bridgehead atoms. The predicted molar refractivity (Wildman–Crippen MR) is 79.3 cm³/mol. The molecule has 0 atom stereocenters. The second-order valence-electron chi connectivity index (χ2n) is 4.51. The fourth-order valence-electron chi connectivity index (χ4n) is 1.98. The first-order valence-corrected chi connectivity index (χ1v) is 6.67. The molecule has 0 aromatic heterocycles. The van der Waals surface area contributed by atoms with Crippen molar-refractivity contribution in [2.75, 3.05) is 17.2 Å². The molecule has 0 unspecified atom stereocenters. The molecule has 2 aromatic carbocycles. The highest BCUT2D eigenvalue weighted by Gasteiger charge is 2.11. The van der Waals surface area contributed by atoms with E-state index in [-0.39, 0.29) is 6.54 Å². The van der Waals surface area contributed by atoms with Gasteiger partial charge in [-0.3, -0.25) is 4.79 Å². The van der Waals surface area contributed by atoms with Crippen molar-refractivity contribution in [2.45, 2.75) is 13.3 Å². The summed E-state index contributed by atoms with van der Waals surface area (Å²) in [6.45, 7) is 1.94. The number of benzene rings is 2. The van der Waals surface area contributed by atoms with Gasteiger partial charge < -0.3 is 10.6 Å². The summed E-state index contributed by atoms with van der Waals surface area (Å²) in [7, 11) is 0. The van der Waals surface area contributed by atoms with Gasteiger partial charge in [-0.25, -0.2) is 8.78 Å². The van der Waals surface area contributed by atoms with E-state index in [4.69, 9.17) is 0 Å². The van der Waals surface area contributed by atoms with Crippen LogP contribution in [0.15, 0.2) is 42.5 Å². The fourth-order valence-corrected chi connectivity index (χ4v) is 1.98. The van der Waals surface area contributed by atoms with Crippen LogP contribution in [0.5, 0.6) is 0 Å². The topological polar surface area (TPSA) is 41.1 Å². The van der Waals surface area contributed by atoms with Gasteiger partial charge in [0, 0.05) is 5.69 Å². The number of nitrogens with one attached hydrogen (secondary N) is 2. The van der Waals surface area contributed by atoms with Crippen molar-refractivity contribution in [2.24, 2.45) is 0 Å². The van der Waals surface area contributed by atoms with Crippen LogP contribution in [-0.4, -0.2) is 12.5 Å². The van der Waals surface area contributed by atoms with Crippen molar-refractivity contribution in [3.05, 3.63) is 59.7 Å². The standard InChI is InChI=1S/C16H16F2N2O/c1-2-11-6-3-4-9-14(11)19-10-15(21)20-16-12(17)7-5-8-13(16)18/h3-9,19H,2,10H2,1H3,(H,20,21). The zero-order valence-electron chi connectivity index (χ0n) is 11.6. The smallest absolute Gasteiger partial charge is 0.243 e. The SMILES string of the molecule is CCc1ccccc1NCC(=O)Nc1c(F)cccc1F. The summed E-state index contributed by atoms with van der Waals surface area (Å²) < 4.78 is 26.8. The number of halogens is 2. The van der Waals surface area contributed by atoms with Crippen molar-refractivity contribution in [3.8, 4) is 0 Å². The summed E-state index contributed by atoms with van der Waals surface area (Å²) in [4.78, 5) is 11.8. The first-order chi connectivity index (χ1) is 10.1. The van der Waals surface area contributed by atoms with Crippen LogP contribution in [0.4, 0.5) is 20.2 Å². The van der Waals surface area contributed by atoms with E-state index in [0.717, 1.165) is 29.8 Å². The molecule has 0 saturated carbocycles. The Hall–Kier alpha value is -2.43. The molecule has 2 N–H and O–H groups in total. The van der Waals surface area contributed by atoms with Gasteiger partial charge in [0.1, 0.15) is 17.3 Å². The third-order valence-electron chi connectivity index (χ3n) is 3.06. The summed E-state index contributed by atoms with van der Waals surface area (Å²) >= 11 is 0. The molecule has 0 spiro atoms. The summed E-state index contributed by atoms with van der Waals surface area (Å²) in [6, 6.07) is 11.0. The van der Waals surface area contributed by atoms with Crippen LogP contribution in [0.1, 0.15) is 12.5 Å². The lowest BCUT2D eigenvalue weighted by Gasteiger charge is -2.11. The number of carbonyl (C=O) groups excluding carboxylic acids is 1. The molecular formula is C16H16F2N2O. The first kappa shape index (κ1) is 15.0. The molecule has 0 saturated heterocycles. The summed E-state index contributed by atoms with van der Waals surface area (Å²) in [5, 5.41) is 5.20. The molecule has 5 heteroatoms. The summed E-state index contributed by atoms with van der Waals surface area (Å²) in [6.07, 6.45) is 0.826. The molecule has 0 fully saturated rings. The highest BCUT2D eigenvalue weighted by Crippen LogP contribution is 2.18. The van der Waals surface area contributed by atoms with Crippen molar-refractivity contribution in [1.82, 2.24) is 0 Å². The number of para-hydroxylation sites is 2. The second-order valence-corrected chi connectivity index (χ2v) is 4.51. The number of aryl methyl sites for hydroxylation is 1. The van der Waals surface area contributed by atoms with E-state index < -0.39 is 23.2 Å². The summed E-state index contributed by atoms with van der Waals surface area (Å²) in [5.74, 6) is -2.10. The van der Waals surface area contributed by atoms with E-state index in [1.165, 1.54) is 6.07 Å². The van der Waals surface area contributed by atoms with Crippen LogP contribution >= 0.6 is 0 Å². The first-order valence-electron chi connectivity index (χ1n) is 6.67. The molecule has 110 valence electrons. The lowest BCUT2D eigenvalue weighted by Crippen LogP contribution is -2.23. The number of carbonyl (C=O) groups is 1. The van der Waals surface area contributed by atoms with Crippen molar-refractivity contribution >= 4 is 17.3 Å². The van der Waals surface area contributed by atoms with E-state index in [0.29, 0.717) is 0 Å². The highest BCUT2D eigenvalue weighted by molar-refractivity contribution is 5.94. The Balaban J connectivity index is 1.99. The van der Waals surface area contributed by atoms with E-state index in [2.05, 4.69) is 10.6 Å². The van der Waals surface area contributed by atoms with Crippen LogP contribution in [0, 0.1) is 11.6 Å². The minimum Gasteiger partial charge on any atom is -0.376 e. The number of rotatable bonds is 5. The Bertz CT molecular complexity index is 624. The molecule has 0 aliphatic rings. The Morgan fingerprint density at radius 2 is 1.71 bits per heavy atom. The van der Waals surface area contributed by atoms with Crippen molar-refractivity contribution in [3.63, 3.8) is 0 Å². The van der Waals surface area contributed by atoms with Gasteiger partial charge in [0.15, 0.2) is 0 Å². The Kier molecular flexibility index (Phi) is 4.87. The molecule has 0 aliphatic carbocycles. The predicted octanol–water partition coefficient (Wildman–Crippen LogP) is 3.58. The molecule has 2 rings (SSSR count). The maximum Gasteiger partial charge on any atom is 0.243 e. The zero-order valence-corrected chi connectivity index (χ0v) is 11.6. The minimum atomic E-state index is -0.794. The lowest BCUT2D eigenvalue weighted by atomic mass is 10.1. The number of amides is 1. The quantitative estimate of drug-likeness (QED) is 0.883. The molecule has 0 radical (unpaired) electrons. The molecule has 3 nitrogen and oxygen atoms in total. The third-order valence-corrected chi connectivity index (χ3v) is 3.06. The third kappa shape index (κ3) is 3.78. The van der Waals surface area contributed by atoms with Gasteiger partial charge >= 0.3 is 0 Å². The van der Waals surface area contributed by atoms with Crippen LogP contribution < -0.4 is 10.6 Å². The molecular weight excluding hydrogens is 274 g/mol. The Morgan fingerprint density at radius 3 is 2.38 bits per heavy atom. The average Bonchev–Trinajstić information content (AvgIpc) is 2.49. The van der Waals surface area contributed by atoms with Crippen molar-refractivity contribution < 1.29 is 13.6 Å². The van der Waals surface area contributed by atoms with Crippen LogP contribution in [-0.2, 0) is 11.2 Å². The van der Waals surface area contributed by atoms with E-state index in [1.54, 1.807) is 0 Å². The second kappa shape index (κ2) is 6.83. The van der Waals surface area contributed by atoms with Gasteiger partial charge in [-0.05, 0) is 30.2 Å². The van der Waals surface area contributed by atoms with Crippen LogP contribution in [0.3, 0.4) is 0 Å². The van der Waals surface area contributed by atoms with E-state index in [9.17, 15) is 13.6 Å². The Labute approximate surface area is 122 Å². The molecule has 0 heterocycles. The van der Waals surface area contributed by atoms with Gasteiger partial charge in [0.05, 0.1) is 6.54 Å². The zero-order chi connectivity index (χ0) is 15.2. The number of hydrogen-bond acceptors (Lipinski definition) is 2. The lowest BCUT2D eigenvalue weighted by molar-refractivity contribution is -0.114. The molecule has 2 aromatic rings. The highest BCUT2D eigenvalue weighted by atomic mass is 19.1. The maximum absolute atomic E-state index is 13.4. The van der Waals surface area contributed by atoms with Crippen LogP contribution in [0.2, 0.25) is 0 Å². The van der Waals surface area contributed by atoms with Gasteiger partial charge in [0.25, 0.3) is 0 Å². The normalized spacial score (nSPS) is 10.2. The fraction of sp³-hybridized carbons (Fsp3) is 0.188. The molecule has 1 amide bonds. The number of anilines is 2. The Morgan fingerprint density at radius 1 is 1.05 bits per heavy atom. The van der Waals surface area contributed by atoms with E-state index in [1.807, 2.05) is 31.2 Å². The molecule has 21 heavy (non-hydrogen) atoms. The molecule has 0 aliphatic heterocycles.